The quantitative estimate of drug-likeness (QED) is 0.236. The van der Waals surface area contributed by atoms with Gasteiger partial charge in [-0.1, -0.05) is 27.7 Å². The van der Waals surface area contributed by atoms with Crippen LogP contribution in [0.5, 0.6) is 0 Å². The third kappa shape index (κ3) is 8.78. The van der Waals surface area contributed by atoms with E-state index in [2.05, 4.69) is 30.6 Å². The summed E-state index contributed by atoms with van der Waals surface area (Å²) in [7, 11) is 0. The van der Waals surface area contributed by atoms with Crippen molar-refractivity contribution >= 4 is 6.09 Å². The van der Waals surface area contributed by atoms with Gasteiger partial charge in [-0.05, 0) is 58.4 Å². The Hall–Kier alpha value is -1.47. The number of carbonyl (C=O) groups excluding carboxylic acids is 1. The Balaban J connectivity index is 1.74. The Morgan fingerprint density at radius 1 is 1.17 bits per heavy atom. The Labute approximate surface area is 245 Å². The van der Waals surface area contributed by atoms with E-state index in [9.17, 15) is 25.2 Å². The second-order valence-corrected chi connectivity index (χ2v) is 13.6. The molecule has 2 fully saturated rings. The standard InChI is InChI=1S/C30H54N2O9/c1-9-20-11-10-16(2)25(39-20)22-17(3)12-21(31-13-19(33)14-32-28(36)41-29(5,6)7)26(24(22)35)40-27-23(34)18(4)30(8,37)15-38-27/h11,16-19,21-27,31,33-35,37H,9-10,12-15H2,1-8H3,(H,32,36). The molecule has 11 heteroatoms. The molecule has 41 heavy (non-hydrogen) atoms. The molecular formula is C30H54N2O9. The Kier molecular flexibility index (Phi) is 11.5. The van der Waals surface area contributed by atoms with Crippen LogP contribution in [0, 0.1) is 23.7 Å². The number of ether oxygens (including phenoxy) is 4. The molecule has 1 saturated heterocycles. The summed E-state index contributed by atoms with van der Waals surface area (Å²) in [6.45, 7) is 15.0. The number of alkyl carbamates (subject to hydrolysis) is 1. The third-order valence-electron chi connectivity index (χ3n) is 8.80. The van der Waals surface area contributed by atoms with E-state index in [1.807, 2.05) is 6.92 Å². The predicted molar refractivity (Wildman–Crippen MR) is 153 cm³/mol. The van der Waals surface area contributed by atoms with Crippen LogP contribution in [0.25, 0.3) is 0 Å². The number of hydrogen-bond acceptors (Lipinski definition) is 10. The molecule has 0 bridgehead atoms. The van der Waals surface area contributed by atoms with E-state index >= 15 is 0 Å². The van der Waals surface area contributed by atoms with E-state index in [-0.39, 0.29) is 49.6 Å². The van der Waals surface area contributed by atoms with Gasteiger partial charge in [0.2, 0.25) is 0 Å². The summed E-state index contributed by atoms with van der Waals surface area (Å²) in [5, 5.41) is 49.8. The molecule has 0 spiro atoms. The number of rotatable bonds is 9. The van der Waals surface area contributed by atoms with Crippen LogP contribution in [0.4, 0.5) is 4.79 Å². The van der Waals surface area contributed by atoms with Crippen LogP contribution in [-0.4, -0.2) is 100 Å². The van der Waals surface area contributed by atoms with Gasteiger partial charge in [-0.2, -0.15) is 0 Å². The number of hydrogen-bond donors (Lipinski definition) is 6. The van der Waals surface area contributed by atoms with E-state index in [1.165, 1.54) is 0 Å². The van der Waals surface area contributed by atoms with Crippen molar-refractivity contribution in [2.24, 2.45) is 23.7 Å². The minimum atomic E-state index is -1.21. The second-order valence-electron chi connectivity index (χ2n) is 13.6. The van der Waals surface area contributed by atoms with Crippen molar-refractivity contribution in [3.8, 4) is 0 Å². The number of aliphatic hydroxyl groups excluding tert-OH is 3. The smallest absolute Gasteiger partial charge is 0.407 e. The summed E-state index contributed by atoms with van der Waals surface area (Å²) in [4.78, 5) is 12.0. The summed E-state index contributed by atoms with van der Waals surface area (Å²) >= 11 is 0. The SMILES string of the molecule is CCC1=CCC(C)C(C2C(C)CC(NCC(O)CNC(=O)OC(C)(C)C)C(OC3OCC(C)(O)C(C)C3O)C2O)O1. The monoisotopic (exact) mass is 586 g/mol. The summed E-state index contributed by atoms with van der Waals surface area (Å²) < 4.78 is 23.7. The van der Waals surface area contributed by atoms with Crippen LogP contribution in [0.1, 0.15) is 74.7 Å². The topological polar surface area (TPSA) is 159 Å². The predicted octanol–water partition coefficient (Wildman–Crippen LogP) is 2.06. The highest BCUT2D eigenvalue weighted by Crippen LogP contribution is 2.42. The average Bonchev–Trinajstić information content (AvgIpc) is 2.88. The number of allylic oxidation sites excluding steroid dienone is 2. The molecule has 2 aliphatic heterocycles. The van der Waals surface area contributed by atoms with E-state index in [0.717, 1.165) is 18.6 Å². The largest absolute Gasteiger partial charge is 0.494 e. The molecule has 1 saturated carbocycles. The molecule has 238 valence electrons. The molecule has 2 heterocycles. The van der Waals surface area contributed by atoms with Crippen molar-refractivity contribution in [2.75, 3.05) is 19.7 Å². The molecule has 6 N–H and O–H groups in total. The Bertz CT molecular complexity index is 892. The second kappa shape index (κ2) is 13.9. The minimum absolute atomic E-state index is 0.0148. The van der Waals surface area contributed by atoms with E-state index in [4.69, 9.17) is 18.9 Å². The maximum Gasteiger partial charge on any atom is 0.407 e. The van der Waals surface area contributed by atoms with Gasteiger partial charge in [-0.25, -0.2) is 4.79 Å². The molecule has 12 atom stereocenters. The van der Waals surface area contributed by atoms with E-state index in [0.29, 0.717) is 6.42 Å². The number of carbonyl (C=O) groups is 1. The summed E-state index contributed by atoms with van der Waals surface area (Å²) in [5.41, 5.74) is -1.86. The molecule has 3 rings (SSSR count). The molecule has 12 unspecified atom stereocenters. The van der Waals surface area contributed by atoms with Gasteiger partial charge in [0.05, 0.1) is 30.2 Å². The van der Waals surface area contributed by atoms with E-state index < -0.39 is 53.9 Å². The molecule has 11 nitrogen and oxygen atoms in total. The molecule has 0 radical (unpaired) electrons. The molecule has 0 aromatic carbocycles. The van der Waals surface area contributed by atoms with Crippen LogP contribution < -0.4 is 10.6 Å². The fraction of sp³-hybridized carbons (Fsp3) is 0.900. The van der Waals surface area contributed by atoms with E-state index in [1.54, 1.807) is 34.6 Å². The average molecular weight is 587 g/mol. The van der Waals surface area contributed by atoms with Gasteiger partial charge >= 0.3 is 6.09 Å². The zero-order chi connectivity index (χ0) is 30.7. The van der Waals surface area contributed by atoms with Crippen molar-refractivity contribution in [3.05, 3.63) is 11.8 Å². The lowest BCUT2D eigenvalue weighted by molar-refractivity contribution is -0.307. The number of aliphatic hydroxyl groups is 4. The first-order valence-corrected chi connectivity index (χ1v) is 15.1. The van der Waals surface area contributed by atoms with Gasteiger partial charge in [-0.3, -0.25) is 0 Å². The van der Waals surface area contributed by atoms with Crippen LogP contribution in [0.15, 0.2) is 11.8 Å². The van der Waals surface area contributed by atoms with Crippen molar-refractivity contribution in [2.45, 2.75) is 129 Å². The fourth-order valence-corrected chi connectivity index (χ4v) is 6.09. The van der Waals surface area contributed by atoms with Gasteiger partial charge in [0.25, 0.3) is 0 Å². The Morgan fingerprint density at radius 3 is 2.49 bits per heavy atom. The van der Waals surface area contributed by atoms with Gasteiger partial charge in [0.1, 0.15) is 23.9 Å². The fourth-order valence-electron chi connectivity index (χ4n) is 6.09. The highest BCUT2D eigenvalue weighted by Gasteiger charge is 2.52. The van der Waals surface area contributed by atoms with Gasteiger partial charge < -0.3 is 50.0 Å². The lowest BCUT2D eigenvalue weighted by Gasteiger charge is -2.50. The number of nitrogens with one attached hydrogen (secondary N) is 2. The van der Waals surface area contributed by atoms with Gasteiger partial charge in [0.15, 0.2) is 6.29 Å². The third-order valence-corrected chi connectivity index (χ3v) is 8.80. The maximum atomic E-state index is 12.0. The molecule has 0 aromatic rings. The highest BCUT2D eigenvalue weighted by molar-refractivity contribution is 5.67. The molecule has 3 aliphatic rings. The van der Waals surface area contributed by atoms with Gasteiger partial charge in [-0.15, -0.1) is 0 Å². The first-order chi connectivity index (χ1) is 19.0. The van der Waals surface area contributed by atoms with Crippen molar-refractivity contribution in [1.29, 1.82) is 0 Å². The van der Waals surface area contributed by atoms with Crippen molar-refractivity contribution < 1.29 is 44.2 Å². The zero-order valence-corrected chi connectivity index (χ0v) is 26.0. The molecule has 0 aromatic heterocycles. The first kappa shape index (κ1) is 34.0. The Morgan fingerprint density at radius 2 is 1.85 bits per heavy atom. The molecule has 1 amide bonds. The van der Waals surface area contributed by atoms with Crippen LogP contribution >= 0.6 is 0 Å². The highest BCUT2D eigenvalue weighted by atomic mass is 16.7. The van der Waals surface area contributed by atoms with Crippen molar-refractivity contribution in [3.63, 3.8) is 0 Å². The lowest BCUT2D eigenvalue weighted by Crippen LogP contribution is -2.63. The number of amides is 1. The molecule has 1 aliphatic carbocycles. The lowest BCUT2D eigenvalue weighted by atomic mass is 9.68. The zero-order valence-electron chi connectivity index (χ0n) is 26.0. The normalized spacial score (nSPS) is 40.7. The summed E-state index contributed by atoms with van der Waals surface area (Å²) in [5.74, 6) is 0.434. The van der Waals surface area contributed by atoms with Crippen LogP contribution in [0.2, 0.25) is 0 Å². The maximum absolute atomic E-state index is 12.0. The van der Waals surface area contributed by atoms with Crippen LogP contribution in [-0.2, 0) is 18.9 Å². The first-order valence-electron chi connectivity index (χ1n) is 15.1. The molecular weight excluding hydrogens is 532 g/mol. The van der Waals surface area contributed by atoms with Crippen LogP contribution in [0.3, 0.4) is 0 Å². The van der Waals surface area contributed by atoms with Gasteiger partial charge in [0, 0.05) is 37.4 Å². The van der Waals surface area contributed by atoms with Crippen molar-refractivity contribution in [1.82, 2.24) is 10.6 Å². The summed E-state index contributed by atoms with van der Waals surface area (Å²) in [6, 6.07) is -0.388. The summed E-state index contributed by atoms with van der Waals surface area (Å²) in [6.07, 6.45) is -1.24. The minimum Gasteiger partial charge on any atom is -0.494 e.